The Labute approximate surface area is 154 Å². The fourth-order valence-corrected chi connectivity index (χ4v) is 3.30. The van der Waals surface area contributed by atoms with Crippen LogP contribution in [0.15, 0.2) is 36.5 Å². The number of methoxy groups -OCH3 is 1. The molecule has 1 aliphatic rings. The molecule has 0 bridgehead atoms. The highest BCUT2D eigenvalue weighted by Gasteiger charge is 2.24. The molecule has 1 saturated heterocycles. The van der Waals surface area contributed by atoms with Gasteiger partial charge in [0.2, 0.25) is 5.88 Å². The summed E-state index contributed by atoms with van der Waals surface area (Å²) in [4.78, 5) is 21.3. The summed E-state index contributed by atoms with van der Waals surface area (Å²) in [6.07, 6.45) is 4.82. The van der Waals surface area contributed by atoms with Crippen LogP contribution in [0.3, 0.4) is 0 Å². The number of amides is 1. The minimum Gasteiger partial charge on any atom is -0.480 e. The lowest BCUT2D eigenvalue weighted by Gasteiger charge is -2.27. The largest absolute Gasteiger partial charge is 0.480 e. The van der Waals surface area contributed by atoms with Crippen molar-refractivity contribution in [1.29, 1.82) is 0 Å². The van der Waals surface area contributed by atoms with Crippen LogP contribution in [-0.4, -0.2) is 64.2 Å². The fourth-order valence-electron chi connectivity index (χ4n) is 3.30. The highest BCUT2D eigenvalue weighted by atomic mass is 16.5. The molecule has 3 rings (SSSR count). The molecule has 0 unspecified atom stereocenters. The molecule has 3 heterocycles. The maximum atomic E-state index is 12.7. The number of carbonyl (C=O) groups is 1. The van der Waals surface area contributed by atoms with Crippen molar-refractivity contribution in [2.24, 2.45) is 0 Å². The SMILES string of the molecule is COc1ccc(C(=O)N2CCC[C@H](N(C)Cc3ccccn3)CC2)nn1. The number of carbonyl (C=O) groups excluding carboxylic acids is 1. The molecule has 7 heteroatoms. The van der Waals surface area contributed by atoms with Crippen LogP contribution in [0, 0.1) is 0 Å². The Kier molecular flexibility index (Phi) is 6.12. The molecule has 1 aliphatic heterocycles. The Morgan fingerprint density at radius 2 is 2.12 bits per heavy atom. The molecule has 0 aliphatic carbocycles. The number of rotatable bonds is 5. The van der Waals surface area contributed by atoms with Gasteiger partial charge in [0.25, 0.3) is 5.91 Å². The first-order chi connectivity index (χ1) is 12.7. The summed E-state index contributed by atoms with van der Waals surface area (Å²) < 4.78 is 4.99. The first kappa shape index (κ1) is 18.3. The van der Waals surface area contributed by atoms with E-state index in [9.17, 15) is 4.79 Å². The normalized spacial score (nSPS) is 17.8. The van der Waals surface area contributed by atoms with Gasteiger partial charge in [-0.2, -0.15) is 0 Å². The lowest BCUT2D eigenvalue weighted by atomic mass is 10.1. The molecular formula is C19H25N5O2. The Bertz CT molecular complexity index is 708. The minimum atomic E-state index is -0.0619. The molecule has 0 N–H and O–H groups in total. The smallest absolute Gasteiger partial charge is 0.274 e. The lowest BCUT2D eigenvalue weighted by molar-refractivity contribution is 0.0750. The van der Waals surface area contributed by atoms with Crippen molar-refractivity contribution in [2.45, 2.75) is 31.8 Å². The van der Waals surface area contributed by atoms with E-state index >= 15 is 0 Å². The Morgan fingerprint density at radius 1 is 1.23 bits per heavy atom. The molecule has 26 heavy (non-hydrogen) atoms. The number of pyridine rings is 1. The van der Waals surface area contributed by atoms with E-state index in [0.717, 1.165) is 44.6 Å². The quantitative estimate of drug-likeness (QED) is 0.817. The van der Waals surface area contributed by atoms with Gasteiger partial charge in [-0.3, -0.25) is 14.7 Å². The third-order valence-electron chi connectivity index (χ3n) is 4.81. The molecule has 7 nitrogen and oxygen atoms in total. The summed E-state index contributed by atoms with van der Waals surface area (Å²) in [5.41, 5.74) is 1.44. The van der Waals surface area contributed by atoms with Gasteiger partial charge in [-0.25, -0.2) is 0 Å². The van der Waals surface area contributed by atoms with Crippen molar-refractivity contribution in [3.8, 4) is 5.88 Å². The first-order valence-electron chi connectivity index (χ1n) is 8.94. The van der Waals surface area contributed by atoms with Crippen molar-refractivity contribution in [1.82, 2.24) is 25.0 Å². The van der Waals surface area contributed by atoms with E-state index in [1.165, 1.54) is 7.11 Å². The number of ether oxygens (including phenoxy) is 1. The molecule has 0 spiro atoms. The van der Waals surface area contributed by atoms with Gasteiger partial charge in [-0.05, 0) is 44.5 Å². The van der Waals surface area contributed by atoms with Crippen LogP contribution in [0.2, 0.25) is 0 Å². The van der Waals surface area contributed by atoms with E-state index < -0.39 is 0 Å². The zero-order valence-electron chi connectivity index (χ0n) is 15.3. The van der Waals surface area contributed by atoms with Gasteiger partial charge in [0.15, 0.2) is 5.69 Å². The zero-order chi connectivity index (χ0) is 18.4. The highest BCUT2D eigenvalue weighted by molar-refractivity contribution is 5.92. The second kappa shape index (κ2) is 8.71. The summed E-state index contributed by atoms with van der Waals surface area (Å²) in [6, 6.07) is 9.77. The van der Waals surface area contributed by atoms with Crippen molar-refractivity contribution in [2.75, 3.05) is 27.2 Å². The van der Waals surface area contributed by atoms with Gasteiger partial charge in [0.05, 0.1) is 12.8 Å². The zero-order valence-corrected chi connectivity index (χ0v) is 15.3. The number of likely N-dealkylation sites (tertiary alicyclic amines) is 1. The predicted molar refractivity (Wildman–Crippen MR) is 97.8 cm³/mol. The van der Waals surface area contributed by atoms with E-state index in [1.54, 1.807) is 12.1 Å². The van der Waals surface area contributed by atoms with Crippen molar-refractivity contribution < 1.29 is 9.53 Å². The molecule has 138 valence electrons. The summed E-state index contributed by atoms with van der Waals surface area (Å²) >= 11 is 0. The molecule has 1 fully saturated rings. The van der Waals surface area contributed by atoms with Crippen LogP contribution in [0.25, 0.3) is 0 Å². The Balaban J connectivity index is 1.57. The van der Waals surface area contributed by atoms with Crippen LogP contribution >= 0.6 is 0 Å². The summed E-state index contributed by atoms with van der Waals surface area (Å²) in [5, 5.41) is 7.87. The number of hydrogen-bond acceptors (Lipinski definition) is 6. The van der Waals surface area contributed by atoms with Crippen molar-refractivity contribution in [3.05, 3.63) is 47.9 Å². The number of hydrogen-bond donors (Lipinski definition) is 0. The molecule has 2 aromatic heterocycles. The topological polar surface area (TPSA) is 71.5 Å². The second-order valence-electron chi connectivity index (χ2n) is 6.57. The molecule has 0 radical (unpaired) electrons. The van der Waals surface area contributed by atoms with Gasteiger partial charge in [-0.1, -0.05) is 6.07 Å². The van der Waals surface area contributed by atoms with Crippen LogP contribution in [0.5, 0.6) is 5.88 Å². The third kappa shape index (κ3) is 4.54. The lowest BCUT2D eigenvalue weighted by Crippen LogP contribution is -2.35. The average molecular weight is 355 g/mol. The number of nitrogens with zero attached hydrogens (tertiary/aromatic N) is 5. The van der Waals surface area contributed by atoms with Gasteiger partial charge in [0.1, 0.15) is 0 Å². The highest BCUT2D eigenvalue weighted by Crippen LogP contribution is 2.19. The minimum absolute atomic E-state index is 0.0619. The third-order valence-corrected chi connectivity index (χ3v) is 4.81. The van der Waals surface area contributed by atoms with E-state index in [-0.39, 0.29) is 5.91 Å². The maximum absolute atomic E-state index is 12.7. The molecular weight excluding hydrogens is 330 g/mol. The Hall–Kier alpha value is -2.54. The maximum Gasteiger partial charge on any atom is 0.274 e. The predicted octanol–water partition coefficient (Wildman–Crippen LogP) is 2.01. The van der Waals surface area contributed by atoms with Gasteiger partial charge in [0, 0.05) is 37.9 Å². The first-order valence-corrected chi connectivity index (χ1v) is 8.94. The van der Waals surface area contributed by atoms with Gasteiger partial charge < -0.3 is 9.64 Å². The molecule has 1 atom stereocenters. The molecule has 1 amide bonds. The van der Waals surface area contributed by atoms with E-state index in [1.807, 2.05) is 29.3 Å². The van der Waals surface area contributed by atoms with E-state index in [4.69, 9.17) is 4.74 Å². The van der Waals surface area contributed by atoms with Crippen LogP contribution < -0.4 is 4.74 Å². The molecule has 2 aromatic rings. The van der Waals surface area contributed by atoms with Crippen LogP contribution in [-0.2, 0) is 6.54 Å². The fraction of sp³-hybridized carbons (Fsp3) is 0.474. The molecule has 0 aromatic carbocycles. The standard InChI is InChI=1S/C19H25N5O2/c1-23(14-15-6-3-4-11-20-15)16-7-5-12-24(13-10-16)19(25)17-8-9-18(26-2)22-21-17/h3-4,6,8-9,11,16H,5,7,10,12-14H2,1-2H3/t16-/m0/s1. The van der Waals surface area contributed by atoms with Gasteiger partial charge in [-0.15, -0.1) is 10.2 Å². The number of aromatic nitrogens is 3. The summed E-state index contributed by atoms with van der Waals surface area (Å²) in [6.45, 7) is 2.30. The van der Waals surface area contributed by atoms with E-state index in [2.05, 4.69) is 27.1 Å². The van der Waals surface area contributed by atoms with Crippen LogP contribution in [0.4, 0.5) is 0 Å². The summed E-state index contributed by atoms with van der Waals surface area (Å²) in [7, 11) is 3.66. The van der Waals surface area contributed by atoms with E-state index in [0.29, 0.717) is 17.6 Å². The monoisotopic (exact) mass is 355 g/mol. The van der Waals surface area contributed by atoms with Gasteiger partial charge >= 0.3 is 0 Å². The van der Waals surface area contributed by atoms with Crippen LogP contribution in [0.1, 0.15) is 35.4 Å². The van der Waals surface area contributed by atoms with Crippen molar-refractivity contribution >= 4 is 5.91 Å². The average Bonchev–Trinajstić information content (AvgIpc) is 2.94. The molecule has 0 saturated carbocycles. The Morgan fingerprint density at radius 3 is 2.81 bits per heavy atom. The second-order valence-corrected chi connectivity index (χ2v) is 6.57. The summed E-state index contributed by atoms with van der Waals surface area (Å²) in [5.74, 6) is 0.349. The van der Waals surface area contributed by atoms with Crippen molar-refractivity contribution in [3.63, 3.8) is 0 Å².